The molecule has 0 aromatic heterocycles. The van der Waals surface area contributed by atoms with E-state index in [4.69, 9.17) is 0 Å². The average Bonchev–Trinajstić information content (AvgIpc) is 2.73. The summed E-state index contributed by atoms with van der Waals surface area (Å²) in [7, 11) is -3.93. The number of carbonyl (C=O) groups excluding carboxylic acids is 1. The molecule has 0 bridgehead atoms. The summed E-state index contributed by atoms with van der Waals surface area (Å²) in [5.41, 5.74) is 3.11. The second kappa shape index (κ2) is 8.75. The van der Waals surface area contributed by atoms with Crippen molar-refractivity contribution in [3.05, 3.63) is 107 Å². The molecule has 2 N–H and O–H groups in total. The van der Waals surface area contributed by atoms with Gasteiger partial charge in [-0.3, -0.25) is 4.79 Å². The maximum atomic E-state index is 13.2. The lowest BCUT2D eigenvalue weighted by Crippen LogP contribution is -2.28. The average molecular weight is 407 g/mol. The van der Waals surface area contributed by atoms with Gasteiger partial charge < -0.3 is 10.6 Å². The lowest BCUT2D eigenvalue weighted by Gasteiger charge is -2.12. The molecule has 3 rings (SSSR count). The van der Waals surface area contributed by atoms with E-state index in [2.05, 4.69) is 10.6 Å². The van der Waals surface area contributed by atoms with Crippen LogP contribution in [0.1, 0.15) is 21.5 Å². The molecule has 6 heteroatoms. The fraction of sp³-hybridized carbons (Fsp3) is 0.0870. The highest BCUT2D eigenvalue weighted by molar-refractivity contribution is 7.95. The van der Waals surface area contributed by atoms with E-state index in [1.54, 1.807) is 42.5 Å². The SMILES string of the molecule is Cc1ccc(NC=C(NC(=O)c2ccccc2)S(=O)(=O)c2ccc(C)cc2)cc1. The topological polar surface area (TPSA) is 75.3 Å². The molecule has 0 aliphatic carbocycles. The van der Waals surface area contributed by atoms with Crippen LogP contribution in [0.15, 0.2) is 95.0 Å². The van der Waals surface area contributed by atoms with E-state index in [1.165, 1.54) is 18.3 Å². The second-order valence-corrected chi connectivity index (χ2v) is 8.57. The number of aryl methyl sites for hydroxylation is 2. The Morgan fingerprint density at radius 1 is 0.793 bits per heavy atom. The van der Waals surface area contributed by atoms with Gasteiger partial charge in [-0.25, -0.2) is 8.42 Å². The van der Waals surface area contributed by atoms with Gasteiger partial charge >= 0.3 is 0 Å². The van der Waals surface area contributed by atoms with E-state index in [0.717, 1.165) is 11.1 Å². The van der Waals surface area contributed by atoms with E-state index in [-0.39, 0.29) is 9.92 Å². The van der Waals surface area contributed by atoms with Gasteiger partial charge in [0.25, 0.3) is 5.91 Å². The van der Waals surface area contributed by atoms with Crippen LogP contribution >= 0.6 is 0 Å². The number of amides is 1. The van der Waals surface area contributed by atoms with Crippen molar-refractivity contribution >= 4 is 21.4 Å². The summed E-state index contributed by atoms with van der Waals surface area (Å²) in [6, 6.07) is 22.5. The van der Waals surface area contributed by atoms with Crippen LogP contribution in [0.2, 0.25) is 0 Å². The first-order valence-electron chi connectivity index (χ1n) is 9.08. The molecule has 0 aliphatic rings. The van der Waals surface area contributed by atoms with E-state index >= 15 is 0 Å². The van der Waals surface area contributed by atoms with Gasteiger partial charge in [-0.1, -0.05) is 53.6 Å². The number of hydrogen-bond acceptors (Lipinski definition) is 4. The highest BCUT2D eigenvalue weighted by Crippen LogP contribution is 2.19. The number of carbonyl (C=O) groups is 1. The van der Waals surface area contributed by atoms with Crippen LogP contribution in [-0.2, 0) is 9.84 Å². The quantitative estimate of drug-likeness (QED) is 0.635. The molecule has 0 heterocycles. The minimum absolute atomic E-state index is 0.105. The molecule has 29 heavy (non-hydrogen) atoms. The molecular weight excluding hydrogens is 384 g/mol. The Morgan fingerprint density at radius 3 is 1.93 bits per heavy atom. The molecule has 0 saturated carbocycles. The van der Waals surface area contributed by atoms with Crippen molar-refractivity contribution in [2.45, 2.75) is 18.7 Å². The van der Waals surface area contributed by atoms with Gasteiger partial charge in [0.15, 0.2) is 5.03 Å². The monoisotopic (exact) mass is 406 g/mol. The molecule has 0 aliphatic heterocycles. The normalized spacial score (nSPS) is 11.7. The van der Waals surface area contributed by atoms with Crippen LogP contribution in [0.3, 0.4) is 0 Å². The number of anilines is 1. The lowest BCUT2D eigenvalue weighted by atomic mass is 10.2. The molecule has 0 saturated heterocycles. The molecular formula is C23H22N2O3S. The summed E-state index contributed by atoms with van der Waals surface area (Å²) in [5, 5.41) is 5.27. The van der Waals surface area contributed by atoms with Crippen LogP contribution in [0.25, 0.3) is 0 Å². The van der Waals surface area contributed by atoms with Gasteiger partial charge in [-0.05, 0) is 50.2 Å². The van der Waals surface area contributed by atoms with Gasteiger partial charge in [-0.2, -0.15) is 0 Å². The summed E-state index contributed by atoms with van der Waals surface area (Å²) in [5.74, 6) is -0.502. The maximum Gasteiger partial charge on any atom is 0.256 e. The Labute approximate surface area is 171 Å². The predicted molar refractivity (Wildman–Crippen MR) is 115 cm³/mol. The van der Waals surface area contributed by atoms with Crippen LogP contribution in [0.4, 0.5) is 5.69 Å². The van der Waals surface area contributed by atoms with Gasteiger partial charge in [0.05, 0.1) is 4.90 Å². The molecule has 0 radical (unpaired) electrons. The van der Waals surface area contributed by atoms with Crippen molar-refractivity contribution in [2.24, 2.45) is 0 Å². The van der Waals surface area contributed by atoms with Crippen LogP contribution in [0, 0.1) is 13.8 Å². The Balaban J connectivity index is 1.95. The molecule has 3 aromatic carbocycles. The third-order valence-corrected chi connectivity index (χ3v) is 6.01. The maximum absolute atomic E-state index is 13.2. The summed E-state index contributed by atoms with van der Waals surface area (Å²) < 4.78 is 26.3. The number of nitrogens with one attached hydrogen (secondary N) is 2. The third kappa shape index (κ3) is 5.12. The molecule has 5 nitrogen and oxygen atoms in total. The zero-order chi connectivity index (χ0) is 20.9. The number of sulfone groups is 1. The van der Waals surface area contributed by atoms with Crippen LogP contribution in [0.5, 0.6) is 0 Å². The van der Waals surface area contributed by atoms with Gasteiger partial charge in [0.1, 0.15) is 0 Å². The first-order chi connectivity index (χ1) is 13.9. The highest BCUT2D eigenvalue weighted by atomic mass is 32.2. The summed E-state index contributed by atoms with van der Waals surface area (Å²) in [6.45, 7) is 3.84. The minimum atomic E-state index is -3.93. The van der Waals surface area contributed by atoms with Crippen molar-refractivity contribution in [1.29, 1.82) is 0 Å². The Hall–Kier alpha value is -3.38. The third-order valence-electron chi connectivity index (χ3n) is 4.32. The predicted octanol–water partition coefficient (Wildman–Crippen LogP) is 4.42. The molecule has 0 fully saturated rings. The van der Waals surface area contributed by atoms with E-state index in [9.17, 15) is 13.2 Å². The number of hydrogen-bond donors (Lipinski definition) is 2. The Morgan fingerprint density at radius 2 is 1.34 bits per heavy atom. The number of rotatable bonds is 6. The second-order valence-electron chi connectivity index (χ2n) is 6.66. The lowest BCUT2D eigenvalue weighted by molar-refractivity contribution is 0.0968. The number of benzene rings is 3. The van der Waals surface area contributed by atoms with E-state index in [0.29, 0.717) is 11.3 Å². The smallest absolute Gasteiger partial charge is 0.256 e. The first-order valence-corrected chi connectivity index (χ1v) is 10.6. The zero-order valence-corrected chi connectivity index (χ0v) is 17.0. The summed E-state index contributed by atoms with van der Waals surface area (Å²) >= 11 is 0. The summed E-state index contributed by atoms with van der Waals surface area (Å²) in [6.07, 6.45) is 1.31. The van der Waals surface area contributed by atoms with E-state index < -0.39 is 15.7 Å². The fourth-order valence-corrected chi connectivity index (χ4v) is 3.79. The Bertz CT molecular complexity index is 1120. The van der Waals surface area contributed by atoms with E-state index in [1.807, 2.05) is 38.1 Å². The summed E-state index contributed by atoms with van der Waals surface area (Å²) in [4.78, 5) is 12.7. The fourth-order valence-electron chi connectivity index (χ4n) is 2.60. The van der Waals surface area contributed by atoms with Crippen molar-refractivity contribution in [1.82, 2.24) is 5.32 Å². The van der Waals surface area contributed by atoms with Gasteiger partial charge in [0, 0.05) is 17.5 Å². The van der Waals surface area contributed by atoms with Crippen molar-refractivity contribution in [3.8, 4) is 0 Å². The minimum Gasteiger partial charge on any atom is -0.359 e. The molecule has 1 amide bonds. The van der Waals surface area contributed by atoms with Crippen LogP contribution in [-0.4, -0.2) is 14.3 Å². The van der Waals surface area contributed by atoms with Gasteiger partial charge in [-0.15, -0.1) is 0 Å². The van der Waals surface area contributed by atoms with Crippen molar-refractivity contribution in [2.75, 3.05) is 5.32 Å². The first kappa shape index (κ1) is 20.4. The Kier molecular flexibility index (Phi) is 6.14. The van der Waals surface area contributed by atoms with Crippen molar-refractivity contribution in [3.63, 3.8) is 0 Å². The highest BCUT2D eigenvalue weighted by Gasteiger charge is 2.23. The molecule has 3 aromatic rings. The molecule has 0 unspecified atom stereocenters. The molecule has 0 atom stereocenters. The van der Waals surface area contributed by atoms with Crippen molar-refractivity contribution < 1.29 is 13.2 Å². The molecule has 148 valence electrons. The standard InChI is InChI=1S/C23H22N2O3S/c1-17-8-12-20(13-9-17)24-16-22(25-23(26)19-6-4-3-5-7-19)29(27,28)21-14-10-18(2)11-15-21/h3-16,24H,1-2H3,(H,25,26). The van der Waals surface area contributed by atoms with Gasteiger partial charge in [0.2, 0.25) is 9.84 Å². The van der Waals surface area contributed by atoms with Crippen LogP contribution < -0.4 is 10.6 Å². The largest absolute Gasteiger partial charge is 0.359 e. The zero-order valence-electron chi connectivity index (χ0n) is 16.2. The molecule has 0 spiro atoms.